The molecule has 2 aromatic rings. The Bertz CT molecular complexity index is 734. The lowest BCUT2D eigenvalue weighted by atomic mass is 9.94. The van der Waals surface area contributed by atoms with E-state index in [1.54, 1.807) is 0 Å². The number of Topliss-reactive ketones (excluding diaryl/α,β-unsaturated/α-hetero) is 1. The van der Waals surface area contributed by atoms with Crippen molar-refractivity contribution < 1.29 is 9.28 Å². The van der Waals surface area contributed by atoms with E-state index in [9.17, 15) is 4.79 Å². The standard InChI is InChI=1S/C24H32NO/c1-4-21-14-19(2)24(20(3)15-21)16-23(26)18-25(12-8-9-13-25)17-22-10-6-5-7-11-22/h5-7,10-11,14-15H,4,8-9,12-13,16-18H2,1-3H3/q+1. The SMILES string of the molecule is CCc1cc(C)c(CC(=O)C[N+]2(Cc3ccccc3)CCCC2)c(C)c1. The molecule has 0 atom stereocenters. The van der Waals surface area contributed by atoms with Crippen molar-refractivity contribution in [3.05, 3.63) is 70.3 Å². The minimum absolute atomic E-state index is 0.387. The molecule has 2 nitrogen and oxygen atoms in total. The molecule has 0 bridgehead atoms. The smallest absolute Gasteiger partial charge is 0.191 e. The first-order chi connectivity index (χ1) is 12.5. The molecule has 0 saturated carbocycles. The molecule has 0 aromatic heterocycles. The van der Waals surface area contributed by atoms with E-state index in [0.717, 1.165) is 30.5 Å². The van der Waals surface area contributed by atoms with Gasteiger partial charge in [0.25, 0.3) is 0 Å². The van der Waals surface area contributed by atoms with Crippen LogP contribution < -0.4 is 0 Å². The van der Waals surface area contributed by atoms with E-state index in [0.29, 0.717) is 18.7 Å². The van der Waals surface area contributed by atoms with Crippen molar-refractivity contribution in [1.29, 1.82) is 0 Å². The van der Waals surface area contributed by atoms with E-state index < -0.39 is 0 Å². The third-order valence-corrected chi connectivity index (χ3v) is 5.93. The predicted octanol–water partition coefficient (Wildman–Crippen LogP) is 4.79. The van der Waals surface area contributed by atoms with Crippen LogP contribution >= 0.6 is 0 Å². The molecule has 1 aliphatic heterocycles. The highest BCUT2D eigenvalue weighted by atomic mass is 16.1. The molecular formula is C24H32NO+. The molecule has 2 heteroatoms. The van der Waals surface area contributed by atoms with Crippen LogP contribution in [0, 0.1) is 13.8 Å². The first-order valence-electron chi connectivity index (χ1n) is 10.0. The van der Waals surface area contributed by atoms with Gasteiger partial charge in [0.15, 0.2) is 5.78 Å². The summed E-state index contributed by atoms with van der Waals surface area (Å²) in [4.78, 5) is 13.0. The largest absolute Gasteiger partial charge is 0.314 e. The van der Waals surface area contributed by atoms with Gasteiger partial charge in [-0.05, 0) is 42.5 Å². The van der Waals surface area contributed by atoms with Crippen LogP contribution in [0.2, 0.25) is 0 Å². The van der Waals surface area contributed by atoms with Gasteiger partial charge in [0.2, 0.25) is 0 Å². The molecular weight excluding hydrogens is 318 g/mol. The van der Waals surface area contributed by atoms with Crippen molar-refractivity contribution >= 4 is 5.78 Å². The number of hydrogen-bond acceptors (Lipinski definition) is 1. The molecule has 1 aliphatic rings. The first-order valence-corrected chi connectivity index (χ1v) is 10.0. The van der Waals surface area contributed by atoms with Crippen LogP contribution in [0.4, 0.5) is 0 Å². The summed E-state index contributed by atoms with van der Waals surface area (Å²) >= 11 is 0. The van der Waals surface area contributed by atoms with Crippen LogP contribution in [0.3, 0.4) is 0 Å². The molecule has 1 heterocycles. The summed E-state index contributed by atoms with van der Waals surface area (Å²) < 4.78 is 0.938. The highest BCUT2D eigenvalue weighted by molar-refractivity contribution is 5.82. The Kier molecular flexibility index (Phi) is 5.93. The van der Waals surface area contributed by atoms with E-state index >= 15 is 0 Å². The van der Waals surface area contributed by atoms with Crippen LogP contribution in [-0.4, -0.2) is 29.9 Å². The van der Waals surface area contributed by atoms with Gasteiger partial charge in [0, 0.05) is 24.8 Å². The summed E-state index contributed by atoms with van der Waals surface area (Å²) in [5.41, 5.74) is 6.49. The molecule has 1 saturated heterocycles. The molecule has 2 aromatic carbocycles. The lowest BCUT2D eigenvalue weighted by Gasteiger charge is -2.34. The van der Waals surface area contributed by atoms with Crippen molar-refractivity contribution in [3.63, 3.8) is 0 Å². The zero-order valence-corrected chi connectivity index (χ0v) is 16.6. The summed E-state index contributed by atoms with van der Waals surface area (Å²) in [6, 6.07) is 15.2. The van der Waals surface area contributed by atoms with Crippen molar-refractivity contribution in [1.82, 2.24) is 0 Å². The lowest BCUT2D eigenvalue weighted by Crippen LogP contribution is -2.48. The van der Waals surface area contributed by atoms with Crippen molar-refractivity contribution in [2.45, 2.75) is 53.0 Å². The molecule has 0 radical (unpaired) electrons. The van der Waals surface area contributed by atoms with Crippen LogP contribution in [0.25, 0.3) is 0 Å². The third kappa shape index (κ3) is 4.42. The molecule has 0 unspecified atom stereocenters. The second-order valence-corrected chi connectivity index (χ2v) is 8.07. The van der Waals surface area contributed by atoms with E-state index in [4.69, 9.17) is 0 Å². The first kappa shape index (κ1) is 18.8. The van der Waals surface area contributed by atoms with E-state index in [1.165, 1.54) is 40.7 Å². The van der Waals surface area contributed by atoms with Gasteiger partial charge in [-0.15, -0.1) is 0 Å². The number of aryl methyl sites for hydroxylation is 3. The highest BCUT2D eigenvalue weighted by Gasteiger charge is 2.34. The maximum atomic E-state index is 13.0. The summed E-state index contributed by atoms with van der Waals surface area (Å²) in [7, 11) is 0. The van der Waals surface area contributed by atoms with Gasteiger partial charge in [0.1, 0.15) is 13.1 Å². The minimum Gasteiger partial charge on any atom is -0.314 e. The fourth-order valence-corrected chi connectivity index (χ4v) is 4.54. The normalized spacial score (nSPS) is 16.0. The van der Waals surface area contributed by atoms with Gasteiger partial charge >= 0.3 is 0 Å². The molecule has 138 valence electrons. The average molecular weight is 351 g/mol. The number of likely N-dealkylation sites (tertiary alicyclic amines) is 1. The van der Waals surface area contributed by atoms with Gasteiger partial charge in [-0.1, -0.05) is 49.4 Å². The van der Waals surface area contributed by atoms with E-state index in [1.807, 2.05) is 0 Å². The third-order valence-electron chi connectivity index (χ3n) is 5.93. The summed E-state index contributed by atoms with van der Waals surface area (Å²) in [6.07, 6.45) is 4.11. The number of quaternary nitrogens is 1. The number of rotatable bonds is 7. The van der Waals surface area contributed by atoms with Crippen molar-refractivity contribution in [3.8, 4) is 0 Å². The van der Waals surface area contributed by atoms with Crippen LogP contribution in [0.15, 0.2) is 42.5 Å². The number of benzene rings is 2. The van der Waals surface area contributed by atoms with E-state index in [-0.39, 0.29) is 0 Å². The Morgan fingerprint density at radius 1 is 0.962 bits per heavy atom. The second-order valence-electron chi connectivity index (χ2n) is 8.07. The van der Waals surface area contributed by atoms with Gasteiger partial charge in [-0.3, -0.25) is 4.79 Å². The Morgan fingerprint density at radius 2 is 1.58 bits per heavy atom. The van der Waals surface area contributed by atoms with Crippen LogP contribution in [0.5, 0.6) is 0 Å². The number of carbonyl (C=O) groups excluding carboxylic acids is 1. The maximum Gasteiger partial charge on any atom is 0.191 e. The van der Waals surface area contributed by atoms with E-state index in [2.05, 4.69) is 63.2 Å². The molecule has 0 spiro atoms. The topological polar surface area (TPSA) is 17.1 Å². The van der Waals surface area contributed by atoms with Gasteiger partial charge in [0.05, 0.1) is 13.1 Å². The average Bonchev–Trinajstić information content (AvgIpc) is 3.06. The number of hydrogen-bond donors (Lipinski definition) is 0. The second kappa shape index (κ2) is 8.18. The Hall–Kier alpha value is -1.93. The Labute approximate surface area is 158 Å². The minimum atomic E-state index is 0.387. The van der Waals surface area contributed by atoms with Crippen LogP contribution in [-0.2, 0) is 24.2 Å². The Morgan fingerprint density at radius 3 is 2.15 bits per heavy atom. The molecule has 26 heavy (non-hydrogen) atoms. The molecule has 0 amide bonds. The lowest BCUT2D eigenvalue weighted by molar-refractivity contribution is -0.922. The van der Waals surface area contributed by atoms with Crippen molar-refractivity contribution in [2.24, 2.45) is 0 Å². The predicted molar refractivity (Wildman–Crippen MR) is 108 cm³/mol. The monoisotopic (exact) mass is 350 g/mol. The Balaban J connectivity index is 1.73. The summed E-state index contributed by atoms with van der Waals surface area (Å²) in [6.45, 7) is 10.4. The number of carbonyl (C=O) groups is 1. The molecule has 3 rings (SSSR count). The maximum absolute atomic E-state index is 13.0. The molecule has 0 aliphatic carbocycles. The number of ketones is 1. The fraction of sp³-hybridized carbons (Fsp3) is 0.458. The van der Waals surface area contributed by atoms with Crippen LogP contribution in [0.1, 0.15) is 47.6 Å². The summed E-state index contributed by atoms with van der Waals surface area (Å²) in [5.74, 6) is 0.387. The van der Waals surface area contributed by atoms with Gasteiger partial charge in [-0.25, -0.2) is 0 Å². The molecule has 0 N–H and O–H groups in total. The molecule has 1 fully saturated rings. The highest BCUT2D eigenvalue weighted by Crippen LogP contribution is 2.25. The van der Waals surface area contributed by atoms with Gasteiger partial charge in [-0.2, -0.15) is 0 Å². The fourth-order valence-electron chi connectivity index (χ4n) is 4.54. The zero-order chi connectivity index (χ0) is 18.6. The number of nitrogens with zero attached hydrogens (tertiary/aromatic N) is 1. The zero-order valence-electron chi connectivity index (χ0n) is 16.6. The quantitative estimate of drug-likeness (QED) is 0.656. The van der Waals surface area contributed by atoms with Gasteiger partial charge < -0.3 is 4.48 Å². The van der Waals surface area contributed by atoms with Crippen molar-refractivity contribution in [2.75, 3.05) is 19.6 Å². The summed E-state index contributed by atoms with van der Waals surface area (Å²) in [5, 5.41) is 0.